The van der Waals surface area contributed by atoms with E-state index in [0.717, 1.165) is 5.56 Å². The lowest BCUT2D eigenvalue weighted by Gasteiger charge is -2.40. The van der Waals surface area contributed by atoms with Crippen LogP contribution in [0.25, 0.3) is 28.0 Å². The standard InChI is InChI=1S/C30H31ClFN7O2/c1-7-24(40)37-10-11-38(18(5)14-37)28-21-13-22(31)26(20-12-17(4)8-9-23(20)32)35-29(21)39(30(41)36-28)27-19(6)33-15-34-25(27)16(2)3/h7-9,12-13,15-16,18H,1,10-11,14H2,2-6H3/t18-/m0/s1. The molecule has 4 heterocycles. The summed E-state index contributed by atoms with van der Waals surface area (Å²) in [5.74, 6) is -0.276. The van der Waals surface area contributed by atoms with Gasteiger partial charge in [0.1, 0.15) is 18.0 Å². The molecule has 1 aliphatic heterocycles. The number of piperazine rings is 1. The lowest BCUT2D eigenvalue weighted by molar-refractivity contribution is -0.126. The van der Waals surface area contributed by atoms with Crippen molar-refractivity contribution in [2.75, 3.05) is 24.5 Å². The van der Waals surface area contributed by atoms with Gasteiger partial charge < -0.3 is 9.80 Å². The fourth-order valence-corrected chi connectivity index (χ4v) is 5.57. The zero-order chi connectivity index (χ0) is 29.6. The number of carbonyl (C=O) groups excluding carboxylic acids is 1. The van der Waals surface area contributed by atoms with E-state index in [1.807, 2.05) is 32.6 Å². The maximum absolute atomic E-state index is 15.1. The van der Waals surface area contributed by atoms with Gasteiger partial charge in [-0.05, 0) is 51.0 Å². The summed E-state index contributed by atoms with van der Waals surface area (Å²) in [4.78, 5) is 48.1. The Balaban J connectivity index is 1.82. The van der Waals surface area contributed by atoms with Crippen molar-refractivity contribution in [1.29, 1.82) is 0 Å². The number of nitrogens with zero attached hydrogens (tertiary/aromatic N) is 7. The van der Waals surface area contributed by atoms with E-state index in [9.17, 15) is 9.59 Å². The average Bonchev–Trinajstić information content (AvgIpc) is 2.94. The summed E-state index contributed by atoms with van der Waals surface area (Å²) in [7, 11) is 0. The third kappa shape index (κ3) is 5.08. The molecule has 41 heavy (non-hydrogen) atoms. The average molecular weight is 576 g/mol. The zero-order valence-corrected chi connectivity index (χ0v) is 24.4. The number of pyridine rings is 1. The van der Waals surface area contributed by atoms with E-state index in [1.54, 1.807) is 30.0 Å². The van der Waals surface area contributed by atoms with Gasteiger partial charge in [-0.1, -0.05) is 43.7 Å². The Labute approximate surface area is 242 Å². The molecule has 1 aliphatic rings. The van der Waals surface area contributed by atoms with E-state index in [2.05, 4.69) is 21.5 Å². The maximum Gasteiger partial charge on any atom is 0.355 e. The third-order valence-corrected chi connectivity index (χ3v) is 7.66. The van der Waals surface area contributed by atoms with Gasteiger partial charge >= 0.3 is 5.69 Å². The second-order valence-electron chi connectivity index (χ2n) is 10.6. The fraction of sp³-hybridized carbons (Fsp3) is 0.333. The number of anilines is 1. The van der Waals surface area contributed by atoms with Gasteiger partial charge in [-0.2, -0.15) is 4.98 Å². The van der Waals surface area contributed by atoms with Crippen LogP contribution in [0.5, 0.6) is 0 Å². The van der Waals surface area contributed by atoms with Crippen molar-refractivity contribution in [3.63, 3.8) is 0 Å². The summed E-state index contributed by atoms with van der Waals surface area (Å²) in [5.41, 5.74) is 2.67. The first-order valence-corrected chi connectivity index (χ1v) is 13.8. The molecule has 1 saturated heterocycles. The topological polar surface area (TPSA) is 97.1 Å². The number of carbonyl (C=O) groups is 1. The van der Waals surface area contributed by atoms with Crippen molar-refractivity contribution in [2.45, 2.75) is 46.6 Å². The largest absolute Gasteiger partial charge is 0.355 e. The van der Waals surface area contributed by atoms with Gasteiger partial charge in [-0.25, -0.2) is 28.7 Å². The van der Waals surface area contributed by atoms with Crippen molar-refractivity contribution >= 4 is 34.4 Å². The Morgan fingerprint density at radius 2 is 1.93 bits per heavy atom. The minimum atomic E-state index is -0.574. The van der Waals surface area contributed by atoms with Crippen LogP contribution in [0.1, 0.15) is 43.6 Å². The highest BCUT2D eigenvalue weighted by molar-refractivity contribution is 6.33. The van der Waals surface area contributed by atoms with Crippen LogP contribution >= 0.6 is 11.6 Å². The molecule has 11 heteroatoms. The highest BCUT2D eigenvalue weighted by atomic mass is 35.5. The highest BCUT2D eigenvalue weighted by Crippen LogP contribution is 2.36. The summed E-state index contributed by atoms with van der Waals surface area (Å²) in [5, 5.41) is 0.730. The molecule has 0 radical (unpaired) electrons. The van der Waals surface area contributed by atoms with Gasteiger partial charge in [0.25, 0.3) is 0 Å². The van der Waals surface area contributed by atoms with Crippen LogP contribution in [-0.2, 0) is 4.79 Å². The highest BCUT2D eigenvalue weighted by Gasteiger charge is 2.30. The molecule has 212 valence electrons. The third-order valence-electron chi connectivity index (χ3n) is 7.37. The van der Waals surface area contributed by atoms with Crippen molar-refractivity contribution in [1.82, 2.24) is 29.4 Å². The molecule has 0 unspecified atom stereocenters. The summed E-state index contributed by atoms with van der Waals surface area (Å²) in [6.07, 6.45) is 2.76. The van der Waals surface area contributed by atoms with Gasteiger partial charge in [0.2, 0.25) is 5.91 Å². The minimum absolute atomic E-state index is 0.0372. The quantitative estimate of drug-likeness (QED) is 0.309. The van der Waals surface area contributed by atoms with E-state index in [-0.39, 0.29) is 39.8 Å². The SMILES string of the molecule is C=CC(=O)N1CCN(c2nc(=O)n(-c3c(C)ncnc3C(C)C)c3nc(-c4cc(C)ccc4F)c(Cl)cc23)[C@@H](C)C1. The van der Waals surface area contributed by atoms with Crippen LogP contribution in [0, 0.1) is 19.7 Å². The van der Waals surface area contributed by atoms with E-state index < -0.39 is 11.5 Å². The Bertz CT molecular complexity index is 1750. The van der Waals surface area contributed by atoms with Crippen molar-refractivity contribution < 1.29 is 9.18 Å². The number of benzene rings is 1. The van der Waals surface area contributed by atoms with Crippen LogP contribution in [0.15, 0.2) is 48.0 Å². The maximum atomic E-state index is 15.1. The van der Waals surface area contributed by atoms with Gasteiger partial charge in [0, 0.05) is 31.2 Å². The van der Waals surface area contributed by atoms with Crippen molar-refractivity contribution in [2.24, 2.45) is 0 Å². The van der Waals surface area contributed by atoms with Gasteiger partial charge in [0.15, 0.2) is 5.65 Å². The number of amides is 1. The molecule has 1 aromatic carbocycles. The summed E-state index contributed by atoms with van der Waals surface area (Å²) >= 11 is 6.79. The number of hydrogen-bond donors (Lipinski definition) is 0. The predicted molar refractivity (Wildman–Crippen MR) is 158 cm³/mol. The lowest BCUT2D eigenvalue weighted by Crippen LogP contribution is -2.54. The number of halogens is 2. The number of aromatic nitrogens is 5. The van der Waals surface area contributed by atoms with Gasteiger partial charge in [0.05, 0.1) is 33.2 Å². The summed E-state index contributed by atoms with van der Waals surface area (Å²) in [6, 6.07) is 6.23. The van der Waals surface area contributed by atoms with E-state index >= 15 is 4.39 Å². The molecular weight excluding hydrogens is 545 g/mol. The Kier molecular flexibility index (Phi) is 7.61. The molecular formula is C30H31ClFN7O2. The number of rotatable bonds is 5. The molecule has 3 aromatic heterocycles. The molecule has 1 amide bonds. The van der Waals surface area contributed by atoms with Crippen LogP contribution in [0.2, 0.25) is 5.02 Å². The molecule has 0 aliphatic carbocycles. The van der Waals surface area contributed by atoms with Crippen molar-refractivity contribution in [3.8, 4) is 16.9 Å². The Morgan fingerprint density at radius 3 is 2.61 bits per heavy atom. The molecule has 4 aromatic rings. The molecule has 1 fully saturated rings. The zero-order valence-electron chi connectivity index (χ0n) is 23.7. The Morgan fingerprint density at radius 1 is 1.17 bits per heavy atom. The second kappa shape index (κ2) is 11.0. The van der Waals surface area contributed by atoms with Gasteiger partial charge in [-0.3, -0.25) is 4.79 Å². The van der Waals surface area contributed by atoms with E-state index in [4.69, 9.17) is 16.6 Å². The van der Waals surface area contributed by atoms with Crippen LogP contribution in [-0.4, -0.2) is 61.0 Å². The first-order chi connectivity index (χ1) is 19.5. The minimum Gasteiger partial charge on any atom is -0.350 e. The summed E-state index contributed by atoms with van der Waals surface area (Å²) < 4.78 is 16.5. The normalized spacial score (nSPS) is 15.6. The summed E-state index contributed by atoms with van der Waals surface area (Å²) in [6.45, 7) is 14.4. The number of hydrogen-bond acceptors (Lipinski definition) is 7. The lowest BCUT2D eigenvalue weighted by atomic mass is 10.1. The predicted octanol–water partition coefficient (Wildman–Crippen LogP) is 4.99. The molecule has 5 rings (SSSR count). The first-order valence-electron chi connectivity index (χ1n) is 13.4. The van der Waals surface area contributed by atoms with Crippen molar-refractivity contribution in [3.05, 3.63) is 81.5 Å². The molecule has 9 nitrogen and oxygen atoms in total. The molecule has 1 atom stereocenters. The fourth-order valence-electron chi connectivity index (χ4n) is 5.32. The first kappa shape index (κ1) is 28.4. The second-order valence-corrected chi connectivity index (χ2v) is 11.0. The van der Waals surface area contributed by atoms with E-state index in [0.29, 0.717) is 47.9 Å². The van der Waals surface area contributed by atoms with Crippen LogP contribution < -0.4 is 10.6 Å². The molecule has 0 N–H and O–H groups in total. The molecule has 0 spiro atoms. The van der Waals surface area contributed by atoms with Crippen LogP contribution in [0.4, 0.5) is 10.2 Å². The van der Waals surface area contributed by atoms with Crippen LogP contribution in [0.3, 0.4) is 0 Å². The number of aryl methyl sites for hydroxylation is 2. The van der Waals surface area contributed by atoms with Gasteiger partial charge in [-0.15, -0.1) is 0 Å². The van der Waals surface area contributed by atoms with E-state index in [1.165, 1.54) is 23.0 Å². The Hall–Kier alpha value is -4.18. The number of fused-ring (bicyclic) bond motifs is 1. The molecule has 0 bridgehead atoms. The molecule has 0 saturated carbocycles. The smallest absolute Gasteiger partial charge is 0.350 e. The monoisotopic (exact) mass is 575 g/mol.